The summed E-state index contributed by atoms with van der Waals surface area (Å²) in [4.78, 5) is 11.4. The van der Waals surface area contributed by atoms with E-state index in [0.717, 1.165) is 5.56 Å². The molecule has 0 saturated carbocycles. The molecule has 1 heterocycles. The van der Waals surface area contributed by atoms with E-state index in [9.17, 15) is 4.79 Å². The normalized spacial score (nSPS) is 12.1. The van der Waals surface area contributed by atoms with Gasteiger partial charge < -0.3 is 9.73 Å². The molecule has 0 fully saturated rings. The van der Waals surface area contributed by atoms with Gasteiger partial charge in [-0.1, -0.05) is 6.07 Å². The number of anilines is 1. The molecule has 0 saturated heterocycles. The van der Waals surface area contributed by atoms with Crippen molar-refractivity contribution in [3.8, 4) is 11.5 Å². The molecule has 0 bridgehead atoms. The highest BCUT2D eigenvalue weighted by Crippen LogP contribution is 2.20. The van der Waals surface area contributed by atoms with Crippen LogP contribution < -0.4 is 5.32 Å². The second kappa shape index (κ2) is 4.97. The van der Waals surface area contributed by atoms with E-state index in [2.05, 4.69) is 15.5 Å². The number of rotatable bonds is 3. The van der Waals surface area contributed by atoms with Crippen LogP contribution in [-0.2, 0) is 4.79 Å². The van der Waals surface area contributed by atoms with Gasteiger partial charge in [0.05, 0.1) is 0 Å². The zero-order valence-electron chi connectivity index (χ0n) is 9.05. The Kier molecular flexibility index (Phi) is 3.39. The van der Waals surface area contributed by atoms with Crippen molar-refractivity contribution in [1.29, 1.82) is 0 Å². The van der Waals surface area contributed by atoms with Crippen LogP contribution in [0.1, 0.15) is 6.92 Å². The third kappa shape index (κ3) is 2.82. The van der Waals surface area contributed by atoms with E-state index < -0.39 is 5.38 Å². The summed E-state index contributed by atoms with van der Waals surface area (Å²) in [7, 11) is 0. The monoisotopic (exact) mass is 251 g/mol. The summed E-state index contributed by atoms with van der Waals surface area (Å²) in [6.07, 6.45) is 1.25. The molecular weight excluding hydrogens is 242 g/mol. The van der Waals surface area contributed by atoms with E-state index in [1.54, 1.807) is 25.1 Å². The lowest BCUT2D eigenvalue weighted by Gasteiger charge is -2.06. The van der Waals surface area contributed by atoms with Gasteiger partial charge in [-0.25, -0.2) is 0 Å². The van der Waals surface area contributed by atoms with Gasteiger partial charge in [-0.15, -0.1) is 21.8 Å². The molecule has 1 atom stereocenters. The van der Waals surface area contributed by atoms with E-state index in [-0.39, 0.29) is 5.91 Å². The number of hydrogen-bond acceptors (Lipinski definition) is 4. The van der Waals surface area contributed by atoms with Crippen LogP contribution in [0.25, 0.3) is 11.5 Å². The smallest absolute Gasteiger partial charge is 0.247 e. The highest BCUT2D eigenvalue weighted by atomic mass is 35.5. The lowest BCUT2D eigenvalue weighted by atomic mass is 10.2. The molecule has 17 heavy (non-hydrogen) atoms. The highest BCUT2D eigenvalue weighted by molar-refractivity contribution is 6.32. The fourth-order valence-electron chi connectivity index (χ4n) is 1.27. The van der Waals surface area contributed by atoms with Crippen LogP contribution in [0.3, 0.4) is 0 Å². The molecule has 1 amide bonds. The van der Waals surface area contributed by atoms with Crippen molar-refractivity contribution in [2.24, 2.45) is 0 Å². The summed E-state index contributed by atoms with van der Waals surface area (Å²) >= 11 is 5.66. The molecule has 88 valence electrons. The minimum atomic E-state index is -0.581. The van der Waals surface area contributed by atoms with Crippen molar-refractivity contribution in [1.82, 2.24) is 10.2 Å². The first-order valence-electron chi connectivity index (χ1n) is 4.98. The fourth-order valence-corrected chi connectivity index (χ4v) is 1.33. The molecule has 6 heteroatoms. The first-order chi connectivity index (χ1) is 8.16. The van der Waals surface area contributed by atoms with Gasteiger partial charge >= 0.3 is 0 Å². The molecule has 1 aromatic heterocycles. The van der Waals surface area contributed by atoms with Crippen LogP contribution in [0.4, 0.5) is 5.69 Å². The zero-order chi connectivity index (χ0) is 12.3. The molecule has 1 aromatic carbocycles. The predicted octanol–water partition coefficient (Wildman–Crippen LogP) is 2.30. The zero-order valence-corrected chi connectivity index (χ0v) is 9.81. The van der Waals surface area contributed by atoms with Gasteiger partial charge in [-0.3, -0.25) is 4.79 Å². The Morgan fingerprint density at radius 2 is 2.35 bits per heavy atom. The summed E-state index contributed by atoms with van der Waals surface area (Å²) < 4.78 is 5.07. The van der Waals surface area contributed by atoms with Gasteiger partial charge in [0, 0.05) is 11.3 Å². The molecule has 1 unspecified atom stereocenters. The van der Waals surface area contributed by atoms with Crippen LogP contribution >= 0.6 is 11.6 Å². The second-order valence-corrected chi connectivity index (χ2v) is 4.08. The van der Waals surface area contributed by atoms with Gasteiger partial charge in [-0.05, 0) is 25.1 Å². The molecule has 5 nitrogen and oxygen atoms in total. The summed E-state index contributed by atoms with van der Waals surface area (Å²) in [5, 5.41) is 9.48. The van der Waals surface area contributed by atoms with Gasteiger partial charge in [0.25, 0.3) is 0 Å². The standard InChI is InChI=1S/C11H10ClN3O2/c1-7(12)10(16)14-9-4-2-3-8(5-9)11-15-13-6-17-11/h2-7H,1H3,(H,14,16). The van der Waals surface area contributed by atoms with Crippen molar-refractivity contribution >= 4 is 23.2 Å². The Hall–Kier alpha value is -1.88. The fraction of sp³-hybridized carbons (Fsp3) is 0.182. The van der Waals surface area contributed by atoms with Crippen molar-refractivity contribution in [3.05, 3.63) is 30.7 Å². The molecular formula is C11H10ClN3O2. The number of nitrogens with one attached hydrogen (secondary N) is 1. The van der Waals surface area contributed by atoms with Crippen LogP contribution in [0.15, 0.2) is 35.1 Å². The number of aromatic nitrogens is 2. The molecule has 2 rings (SSSR count). The summed E-state index contributed by atoms with van der Waals surface area (Å²) in [5.74, 6) is 0.148. The molecule has 0 aliphatic rings. The van der Waals surface area contributed by atoms with E-state index in [1.807, 2.05) is 6.07 Å². The summed E-state index contributed by atoms with van der Waals surface area (Å²) in [6, 6.07) is 7.10. The van der Waals surface area contributed by atoms with Crippen LogP contribution in [0.2, 0.25) is 0 Å². The molecule has 2 aromatic rings. The van der Waals surface area contributed by atoms with Gasteiger partial charge in [-0.2, -0.15) is 0 Å². The van der Waals surface area contributed by atoms with E-state index in [0.29, 0.717) is 11.6 Å². The summed E-state index contributed by atoms with van der Waals surface area (Å²) in [5.41, 5.74) is 1.38. The van der Waals surface area contributed by atoms with Crippen molar-refractivity contribution < 1.29 is 9.21 Å². The lowest BCUT2D eigenvalue weighted by molar-refractivity contribution is -0.115. The average molecular weight is 252 g/mol. The first kappa shape index (κ1) is 11.6. The number of benzene rings is 1. The van der Waals surface area contributed by atoms with Crippen molar-refractivity contribution in [2.45, 2.75) is 12.3 Å². The Bertz CT molecular complexity index is 511. The molecule has 0 aliphatic heterocycles. The Balaban J connectivity index is 2.20. The minimum absolute atomic E-state index is 0.255. The number of amides is 1. The van der Waals surface area contributed by atoms with Gasteiger partial charge in [0.2, 0.25) is 18.2 Å². The van der Waals surface area contributed by atoms with E-state index >= 15 is 0 Å². The third-order valence-corrected chi connectivity index (χ3v) is 2.30. The average Bonchev–Trinajstić information content (AvgIpc) is 2.82. The quantitative estimate of drug-likeness (QED) is 0.850. The van der Waals surface area contributed by atoms with Crippen molar-refractivity contribution in [2.75, 3.05) is 5.32 Å². The Morgan fingerprint density at radius 1 is 1.53 bits per heavy atom. The Labute approximate surface area is 103 Å². The SMILES string of the molecule is CC(Cl)C(=O)Nc1cccc(-c2nnco2)c1. The number of carbonyl (C=O) groups is 1. The van der Waals surface area contributed by atoms with Gasteiger partial charge in [0.1, 0.15) is 5.38 Å². The molecule has 0 radical (unpaired) electrons. The van der Waals surface area contributed by atoms with Crippen molar-refractivity contribution in [3.63, 3.8) is 0 Å². The number of alkyl halides is 1. The second-order valence-electron chi connectivity index (χ2n) is 3.43. The maximum Gasteiger partial charge on any atom is 0.247 e. The first-order valence-corrected chi connectivity index (χ1v) is 5.42. The van der Waals surface area contributed by atoms with Crippen LogP contribution in [0.5, 0.6) is 0 Å². The van der Waals surface area contributed by atoms with E-state index in [4.69, 9.17) is 16.0 Å². The Morgan fingerprint density at radius 3 is 3.00 bits per heavy atom. The topological polar surface area (TPSA) is 68.0 Å². The third-order valence-electron chi connectivity index (χ3n) is 2.10. The molecule has 0 spiro atoms. The molecule has 0 aliphatic carbocycles. The lowest BCUT2D eigenvalue weighted by Crippen LogP contribution is -2.20. The van der Waals surface area contributed by atoms with Crippen LogP contribution in [-0.4, -0.2) is 21.5 Å². The number of halogens is 1. The van der Waals surface area contributed by atoms with Crippen LogP contribution in [0, 0.1) is 0 Å². The maximum absolute atomic E-state index is 11.4. The highest BCUT2D eigenvalue weighted by Gasteiger charge is 2.10. The number of nitrogens with zero attached hydrogens (tertiary/aromatic N) is 2. The largest absolute Gasteiger partial charge is 0.423 e. The van der Waals surface area contributed by atoms with Gasteiger partial charge in [0.15, 0.2) is 0 Å². The number of hydrogen-bond donors (Lipinski definition) is 1. The predicted molar refractivity (Wildman–Crippen MR) is 63.7 cm³/mol. The summed E-state index contributed by atoms with van der Waals surface area (Å²) in [6.45, 7) is 1.61. The minimum Gasteiger partial charge on any atom is -0.423 e. The maximum atomic E-state index is 11.4. The molecule has 1 N–H and O–H groups in total. The number of carbonyl (C=O) groups excluding carboxylic acids is 1. The van der Waals surface area contributed by atoms with E-state index in [1.165, 1.54) is 6.39 Å².